The van der Waals surface area contributed by atoms with Gasteiger partial charge in [0.1, 0.15) is 0 Å². The summed E-state index contributed by atoms with van der Waals surface area (Å²) in [6.07, 6.45) is 0. The lowest BCUT2D eigenvalue weighted by Crippen LogP contribution is -2.07. The van der Waals surface area contributed by atoms with Crippen molar-refractivity contribution in [2.75, 3.05) is 0 Å². The van der Waals surface area contributed by atoms with Crippen molar-refractivity contribution in [3.05, 3.63) is 4.91 Å². The standard InChI is InChI=1S/CCl2FNO3/c2-1(3,4)7-8-5-6. The molecule has 0 aliphatic rings. The smallest absolute Gasteiger partial charge is 0.175 e. The lowest BCUT2D eigenvalue weighted by Gasteiger charge is -2.01. The minimum Gasteiger partial charge on any atom is -0.175 e. The topological polar surface area (TPSA) is 47.9 Å². The van der Waals surface area contributed by atoms with Gasteiger partial charge in [-0.3, -0.25) is 0 Å². The zero-order valence-corrected chi connectivity index (χ0v) is 4.82. The van der Waals surface area contributed by atoms with Crippen LogP contribution in [0.1, 0.15) is 0 Å². The molecular weight excluding hydrogens is 164 g/mol. The van der Waals surface area contributed by atoms with Crippen molar-refractivity contribution < 1.29 is 14.3 Å². The maximum absolute atomic E-state index is 11.6. The molecule has 0 heterocycles. The number of alkyl halides is 3. The summed E-state index contributed by atoms with van der Waals surface area (Å²) in [4.78, 5) is 15.4. The highest BCUT2D eigenvalue weighted by atomic mass is 35.5. The Kier molecular flexibility index (Phi) is 2.96. The third-order valence-electron chi connectivity index (χ3n) is 0.162. The van der Waals surface area contributed by atoms with Crippen molar-refractivity contribution in [1.29, 1.82) is 0 Å². The fourth-order valence-corrected chi connectivity index (χ4v) is 0.114. The molecule has 0 aromatic rings. The molecule has 0 atom stereocenters. The van der Waals surface area contributed by atoms with Crippen LogP contribution in [0.2, 0.25) is 0 Å². The molecular formula is CCl2FNO3. The molecule has 0 N–H and O–H groups in total. The van der Waals surface area contributed by atoms with Crippen LogP contribution in [0.3, 0.4) is 0 Å². The summed E-state index contributed by atoms with van der Waals surface area (Å²) in [5.74, 6) is 0. The summed E-state index contributed by atoms with van der Waals surface area (Å²) in [6.45, 7) is 0. The average Bonchev–Trinajstić information content (AvgIpc) is 1.59. The second-order valence-corrected chi connectivity index (χ2v) is 1.84. The predicted molar refractivity (Wildman–Crippen MR) is 23.5 cm³/mol. The molecule has 0 rings (SSSR count). The Hall–Kier alpha value is -0.130. The monoisotopic (exact) mass is 163 g/mol. The largest absolute Gasteiger partial charge is 0.406 e. The second kappa shape index (κ2) is 3.01. The summed E-state index contributed by atoms with van der Waals surface area (Å²) in [7, 11) is 0. The molecule has 48 valence electrons. The van der Waals surface area contributed by atoms with Gasteiger partial charge in [0, 0.05) is 0 Å². The lowest BCUT2D eigenvalue weighted by molar-refractivity contribution is -0.347. The van der Waals surface area contributed by atoms with Crippen LogP contribution in [0.4, 0.5) is 4.39 Å². The Balaban J connectivity index is 3.24. The van der Waals surface area contributed by atoms with Gasteiger partial charge in [-0.15, -0.1) is 4.91 Å². The van der Waals surface area contributed by atoms with E-state index in [1.165, 1.54) is 0 Å². The maximum atomic E-state index is 11.6. The van der Waals surface area contributed by atoms with Crippen LogP contribution in [0, 0.1) is 4.91 Å². The van der Waals surface area contributed by atoms with Crippen LogP contribution >= 0.6 is 23.2 Å². The summed E-state index contributed by atoms with van der Waals surface area (Å²) >= 11 is 8.93. The first-order valence-corrected chi connectivity index (χ1v) is 2.06. The van der Waals surface area contributed by atoms with Crippen molar-refractivity contribution in [2.45, 2.75) is 4.77 Å². The van der Waals surface area contributed by atoms with E-state index in [1.54, 1.807) is 5.34 Å². The van der Waals surface area contributed by atoms with Crippen LogP contribution in [0.15, 0.2) is 5.34 Å². The quantitative estimate of drug-likeness (QED) is 0.276. The number of hydrogen-bond donors (Lipinski definition) is 0. The van der Waals surface area contributed by atoms with Crippen molar-refractivity contribution in [1.82, 2.24) is 0 Å². The van der Waals surface area contributed by atoms with E-state index in [-0.39, 0.29) is 0 Å². The van der Waals surface area contributed by atoms with E-state index in [4.69, 9.17) is 4.91 Å². The molecule has 0 aliphatic heterocycles. The van der Waals surface area contributed by atoms with E-state index in [2.05, 4.69) is 33.1 Å². The van der Waals surface area contributed by atoms with Crippen LogP contribution in [0.5, 0.6) is 0 Å². The normalized spacial score (nSPS) is 10.9. The van der Waals surface area contributed by atoms with E-state index in [0.29, 0.717) is 0 Å². The summed E-state index contributed by atoms with van der Waals surface area (Å²) in [6, 6.07) is 0. The van der Waals surface area contributed by atoms with Gasteiger partial charge in [-0.25, -0.2) is 0 Å². The van der Waals surface area contributed by atoms with E-state index in [1.807, 2.05) is 0 Å². The van der Waals surface area contributed by atoms with Crippen LogP contribution in [-0.4, -0.2) is 4.77 Å². The molecule has 8 heavy (non-hydrogen) atoms. The van der Waals surface area contributed by atoms with E-state index >= 15 is 0 Å². The molecule has 0 aromatic carbocycles. The Morgan fingerprint density at radius 3 is 2.25 bits per heavy atom. The molecule has 0 amide bonds. The van der Waals surface area contributed by atoms with Crippen LogP contribution < -0.4 is 0 Å². The first-order valence-electron chi connectivity index (χ1n) is 1.30. The van der Waals surface area contributed by atoms with Gasteiger partial charge in [0.2, 0.25) is 0 Å². The summed E-state index contributed by atoms with van der Waals surface area (Å²) in [5.41, 5.74) is 0. The third-order valence-corrected chi connectivity index (χ3v) is 0.288. The molecule has 0 radical (unpaired) electrons. The van der Waals surface area contributed by atoms with Gasteiger partial charge >= 0.3 is 4.77 Å². The minimum absolute atomic E-state index is 1.64. The molecule has 0 aromatic heterocycles. The zero-order valence-electron chi connectivity index (χ0n) is 3.31. The average molecular weight is 164 g/mol. The van der Waals surface area contributed by atoms with E-state index in [9.17, 15) is 4.39 Å². The molecule has 4 nitrogen and oxygen atoms in total. The van der Waals surface area contributed by atoms with Crippen molar-refractivity contribution in [3.8, 4) is 0 Å². The Labute approximate surface area is 53.3 Å². The van der Waals surface area contributed by atoms with Gasteiger partial charge in [0.25, 0.3) is 0 Å². The van der Waals surface area contributed by atoms with Crippen LogP contribution in [-0.2, 0) is 9.88 Å². The highest BCUT2D eigenvalue weighted by Gasteiger charge is 2.25. The molecule has 0 saturated heterocycles. The molecule has 0 bridgehead atoms. The molecule has 0 fully saturated rings. The number of halogens is 3. The molecule has 0 aliphatic carbocycles. The number of nitrogens with zero attached hydrogens (tertiary/aromatic N) is 1. The number of hydrogen-bond acceptors (Lipinski definition) is 4. The van der Waals surface area contributed by atoms with Crippen molar-refractivity contribution in [2.24, 2.45) is 5.34 Å². The SMILES string of the molecule is O=NOOC(F)(Cl)Cl. The molecule has 0 unspecified atom stereocenters. The van der Waals surface area contributed by atoms with Crippen molar-refractivity contribution >= 4 is 23.2 Å². The highest BCUT2D eigenvalue weighted by molar-refractivity contribution is 6.45. The van der Waals surface area contributed by atoms with Gasteiger partial charge in [0.15, 0.2) is 5.34 Å². The Morgan fingerprint density at radius 1 is 1.62 bits per heavy atom. The summed E-state index contributed by atoms with van der Waals surface area (Å²) < 4.78 is 8.54. The first-order chi connectivity index (χ1) is 3.56. The maximum Gasteiger partial charge on any atom is 0.406 e. The Bertz CT molecular complexity index is 81.8. The van der Waals surface area contributed by atoms with Gasteiger partial charge in [0.05, 0.1) is 0 Å². The van der Waals surface area contributed by atoms with Gasteiger partial charge in [-0.1, -0.05) is 4.89 Å². The Morgan fingerprint density at radius 2 is 2.12 bits per heavy atom. The first kappa shape index (κ1) is 7.87. The van der Waals surface area contributed by atoms with E-state index in [0.717, 1.165) is 0 Å². The van der Waals surface area contributed by atoms with Gasteiger partial charge < -0.3 is 0 Å². The fraction of sp³-hybridized carbons (Fsp3) is 1.00. The molecule has 0 saturated carbocycles. The fourth-order valence-electron chi connectivity index (χ4n) is 0.0575. The molecule has 7 heteroatoms. The molecule has 0 spiro atoms. The van der Waals surface area contributed by atoms with Gasteiger partial charge in [-0.05, 0) is 23.2 Å². The second-order valence-electron chi connectivity index (χ2n) is 0.678. The van der Waals surface area contributed by atoms with Crippen molar-refractivity contribution in [3.63, 3.8) is 0 Å². The zero-order chi connectivity index (χ0) is 6.62. The van der Waals surface area contributed by atoms with Crippen LogP contribution in [0.25, 0.3) is 0 Å². The van der Waals surface area contributed by atoms with E-state index < -0.39 is 4.77 Å². The highest BCUT2D eigenvalue weighted by Crippen LogP contribution is 2.23. The number of rotatable bonds is 3. The minimum atomic E-state index is -3.02. The predicted octanol–water partition coefficient (Wildman–Crippen LogP) is 1.67. The summed E-state index contributed by atoms with van der Waals surface area (Å²) in [5, 5.41) is 1.64. The third kappa shape index (κ3) is 5.87. The van der Waals surface area contributed by atoms with Gasteiger partial charge in [-0.2, -0.15) is 9.38 Å². The lowest BCUT2D eigenvalue weighted by atomic mass is 11.6.